The van der Waals surface area contributed by atoms with E-state index in [1.54, 1.807) is 97.0 Å². The van der Waals surface area contributed by atoms with Gasteiger partial charge in [0.25, 0.3) is 21.9 Å². The molecule has 4 aromatic rings. The number of amides is 4. The quantitative estimate of drug-likeness (QED) is 0.0466. The van der Waals surface area contributed by atoms with Gasteiger partial charge in [-0.1, -0.05) is 0 Å². The Balaban J connectivity index is 0.000000221. The van der Waals surface area contributed by atoms with Crippen LogP contribution in [0.25, 0.3) is 0 Å². The molecule has 7 rings (SSSR count). The molecule has 0 radical (unpaired) electrons. The average molecular weight is 913 g/mol. The smallest absolute Gasteiger partial charge is 0.414 e. The summed E-state index contributed by atoms with van der Waals surface area (Å²) in [6, 6.07) is 19.7. The maximum atomic E-state index is 12.5. The lowest BCUT2D eigenvalue weighted by Crippen LogP contribution is -2.50. The Morgan fingerprint density at radius 1 is 0.708 bits per heavy atom. The Hall–Kier alpha value is -7.14. The van der Waals surface area contributed by atoms with E-state index in [1.807, 2.05) is 0 Å². The van der Waals surface area contributed by atoms with E-state index in [2.05, 4.69) is 34.6 Å². The van der Waals surface area contributed by atoms with Crippen molar-refractivity contribution in [3.05, 3.63) is 120 Å². The molecule has 5 heterocycles. The van der Waals surface area contributed by atoms with Crippen LogP contribution in [0.4, 0.5) is 21.0 Å². The van der Waals surface area contributed by atoms with Crippen molar-refractivity contribution in [2.75, 3.05) is 81.6 Å². The lowest BCUT2D eigenvalue weighted by molar-refractivity contribution is -0.144. The Kier molecular flexibility index (Phi) is 16.0. The highest BCUT2D eigenvalue weighted by Gasteiger charge is 2.35. The molecular formula is C43H48N10O11S. The van der Waals surface area contributed by atoms with Crippen LogP contribution < -0.4 is 20.4 Å². The summed E-state index contributed by atoms with van der Waals surface area (Å²) in [5.41, 5.74) is 2.82. The zero-order chi connectivity index (χ0) is 46.5. The van der Waals surface area contributed by atoms with Crippen LogP contribution in [0.15, 0.2) is 97.6 Å². The average Bonchev–Trinajstić information content (AvgIpc) is 3.87. The van der Waals surface area contributed by atoms with E-state index in [1.165, 1.54) is 17.3 Å². The van der Waals surface area contributed by atoms with Crippen molar-refractivity contribution in [2.24, 2.45) is 0 Å². The highest BCUT2D eigenvalue weighted by molar-refractivity contribution is 7.86. The molecule has 0 bridgehead atoms. The van der Waals surface area contributed by atoms with E-state index in [-0.39, 0.29) is 36.9 Å². The molecule has 21 nitrogen and oxygen atoms in total. The van der Waals surface area contributed by atoms with Crippen molar-refractivity contribution in [3.63, 3.8) is 0 Å². The molecule has 2 aromatic carbocycles. The number of nitrogens with one attached hydrogen (secondary N) is 4. The van der Waals surface area contributed by atoms with Gasteiger partial charge in [0.05, 0.1) is 43.6 Å². The van der Waals surface area contributed by atoms with Gasteiger partial charge in [0.2, 0.25) is 0 Å². The molecule has 4 N–H and O–H groups in total. The first kappa shape index (κ1) is 47.3. The number of anilines is 2. The summed E-state index contributed by atoms with van der Waals surface area (Å²) < 4.78 is 42.5. The molecule has 342 valence electrons. The Bertz CT molecular complexity index is 2460. The second kappa shape index (κ2) is 22.0. The number of hydrogen-bond acceptors (Lipinski definition) is 17. The zero-order valence-corrected chi connectivity index (χ0v) is 36.4. The van der Waals surface area contributed by atoms with Crippen molar-refractivity contribution >= 4 is 63.1 Å². The maximum Gasteiger partial charge on any atom is 0.414 e. The third-order valence-corrected chi connectivity index (χ3v) is 10.6. The van der Waals surface area contributed by atoms with Gasteiger partial charge in [-0.05, 0) is 79.7 Å². The van der Waals surface area contributed by atoms with Gasteiger partial charge in [-0.3, -0.25) is 59.0 Å². The number of benzene rings is 2. The number of aromatic nitrogens is 2. The number of pyridine rings is 2. The van der Waals surface area contributed by atoms with Crippen LogP contribution in [-0.4, -0.2) is 154 Å². The van der Waals surface area contributed by atoms with Gasteiger partial charge in [-0.25, -0.2) is 9.59 Å². The fraction of sp³-hybridized carbons (Fsp3) is 0.326. The molecule has 0 spiro atoms. The molecule has 2 unspecified atom stereocenters. The van der Waals surface area contributed by atoms with Gasteiger partial charge in [0.1, 0.15) is 30.5 Å². The largest absolute Gasteiger partial charge is 0.465 e. The van der Waals surface area contributed by atoms with Gasteiger partial charge < -0.3 is 24.8 Å². The van der Waals surface area contributed by atoms with E-state index in [4.69, 9.17) is 25.0 Å². The molecule has 65 heavy (non-hydrogen) atoms. The molecule has 3 aliphatic rings. The van der Waals surface area contributed by atoms with Crippen LogP contribution in [0.1, 0.15) is 38.8 Å². The van der Waals surface area contributed by atoms with Crippen molar-refractivity contribution < 1.29 is 50.8 Å². The van der Waals surface area contributed by atoms with E-state index in [0.717, 1.165) is 32.4 Å². The van der Waals surface area contributed by atoms with Crippen LogP contribution >= 0.6 is 0 Å². The summed E-state index contributed by atoms with van der Waals surface area (Å²) in [6.07, 6.45) is 4.86. The van der Waals surface area contributed by atoms with E-state index in [9.17, 15) is 32.4 Å². The number of carbonyl (C=O) groups is 5. The fourth-order valence-electron chi connectivity index (χ4n) is 6.78. The standard InChI is InChI=1S/C25H30N6O5.C18H18N4O6S/c1-2-35-22(32)17-30-12-10-29(11-13-30)15-21-16-31(25(34)36-21)20-7-5-18(6-8-20)23(26)28-24(33)19-4-3-9-27-14-19;1-29(25,26)27-11-15-10-22(18(24)28-15)14-6-4-12(5-7-14)16(19)21-17(23)13-3-2-8-20-9-13/h3-9,14,21H,2,10-13,15-17H2,1H3,(H2,26,28,33);2-9,15H,10-11H2,1H3,(H2,19,21,23). The Morgan fingerprint density at radius 2 is 1.17 bits per heavy atom. The number of carbonyl (C=O) groups excluding carboxylic acids is 5. The van der Waals surface area contributed by atoms with E-state index < -0.39 is 40.2 Å². The summed E-state index contributed by atoms with van der Waals surface area (Å²) in [7, 11) is -3.63. The monoisotopic (exact) mass is 912 g/mol. The van der Waals surface area contributed by atoms with Crippen molar-refractivity contribution in [1.29, 1.82) is 10.8 Å². The number of amidine groups is 2. The topological polar surface area (TPSA) is 267 Å². The second-order valence-corrected chi connectivity index (χ2v) is 16.5. The van der Waals surface area contributed by atoms with Crippen molar-refractivity contribution in [2.45, 2.75) is 19.1 Å². The maximum absolute atomic E-state index is 12.5. The molecule has 3 aliphatic heterocycles. The van der Waals surface area contributed by atoms with Crippen LogP contribution in [0, 0.1) is 10.8 Å². The molecular weight excluding hydrogens is 865 g/mol. The van der Waals surface area contributed by atoms with E-state index >= 15 is 0 Å². The summed E-state index contributed by atoms with van der Waals surface area (Å²) in [4.78, 5) is 75.5. The third kappa shape index (κ3) is 13.7. The summed E-state index contributed by atoms with van der Waals surface area (Å²) in [5.74, 6) is -1.22. The minimum Gasteiger partial charge on any atom is -0.465 e. The summed E-state index contributed by atoms with van der Waals surface area (Å²) in [5, 5.41) is 21.2. The van der Waals surface area contributed by atoms with E-state index in [0.29, 0.717) is 59.9 Å². The van der Waals surface area contributed by atoms with Crippen molar-refractivity contribution in [3.8, 4) is 0 Å². The van der Waals surface area contributed by atoms with Gasteiger partial charge in [0.15, 0.2) is 0 Å². The van der Waals surface area contributed by atoms with Crippen LogP contribution in [0.2, 0.25) is 0 Å². The molecule has 22 heteroatoms. The predicted molar refractivity (Wildman–Crippen MR) is 235 cm³/mol. The number of ether oxygens (including phenoxy) is 3. The lowest BCUT2D eigenvalue weighted by atomic mass is 10.1. The first-order valence-corrected chi connectivity index (χ1v) is 22.2. The summed E-state index contributed by atoms with van der Waals surface area (Å²) in [6.45, 7) is 6.49. The van der Waals surface area contributed by atoms with Gasteiger partial charge >= 0.3 is 18.2 Å². The highest BCUT2D eigenvalue weighted by Crippen LogP contribution is 2.24. The first-order valence-electron chi connectivity index (χ1n) is 20.4. The van der Waals surface area contributed by atoms with Gasteiger partial charge in [-0.2, -0.15) is 8.42 Å². The van der Waals surface area contributed by atoms with Crippen LogP contribution in [0.3, 0.4) is 0 Å². The van der Waals surface area contributed by atoms with Gasteiger partial charge in [-0.15, -0.1) is 0 Å². The third-order valence-electron chi connectivity index (χ3n) is 10.1. The lowest BCUT2D eigenvalue weighted by Gasteiger charge is -2.34. The Morgan fingerprint density at radius 3 is 1.62 bits per heavy atom. The number of hydrogen-bond donors (Lipinski definition) is 4. The number of esters is 1. The molecule has 0 saturated carbocycles. The van der Waals surface area contributed by atoms with Crippen LogP contribution in [-0.2, 0) is 33.3 Å². The first-order chi connectivity index (χ1) is 31.1. The SMILES string of the molecule is CCOC(=O)CN1CCN(CC2CN(c3ccc(C(=N)NC(=O)c4cccnc4)cc3)C(=O)O2)CC1.CS(=O)(=O)OCC1CN(c2ccc(C(=N)NC(=O)c3cccnc3)cc2)C(=O)O1. The number of piperazine rings is 1. The highest BCUT2D eigenvalue weighted by atomic mass is 32.2. The number of cyclic esters (lactones) is 2. The molecule has 2 atom stereocenters. The molecule has 3 fully saturated rings. The fourth-order valence-corrected chi connectivity index (χ4v) is 7.18. The molecule has 4 amide bonds. The zero-order valence-electron chi connectivity index (χ0n) is 35.5. The minimum atomic E-state index is -3.63. The summed E-state index contributed by atoms with van der Waals surface area (Å²) >= 11 is 0. The van der Waals surface area contributed by atoms with Crippen molar-refractivity contribution in [1.82, 2.24) is 30.4 Å². The predicted octanol–water partition coefficient (Wildman–Crippen LogP) is 2.48. The molecule has 2 aromatic heterocycles. The van der Waals surface area contributed by atoms with Gasteiger partial charge in [0, 0.05) is 80.0 Å². The number of nitrogens with zero attached hydrogens (tertiary/aromatic N) is 6. The van der Waals surface area contributed by atoms with Crippen LogP contribution in [0.5, 0.6) is 0 Å². The normalized spacial score (nSPS) is 17.6. The Labute approximate surface area is 374 Å². The molecule has 3 saturated heterocycles. The minimum absolute atomic E-state index is 0.0422. The second-order valence-electron chi connectivity index (χ2n) is 14.8. The molecule has 0 aliphatic carbocycles. The number of rotatable bonds is 14.